The number of nitrogens with two attached hydrogens (primary N) is 1. The van der Waals surface area contributed by atoms with E-state index in [1.807, 2.05) is 12.1 Å². The van der Waals surface area contributed by atoms with E-state index in [4.69, 9.17) is 10.8 Å². The molecule has 0 unspecified atom stereocenters. The van der Waals surface area contributed by atoms with Crippen molar-refractivity contribution < 1.29 is 9.90 Å². The van der Waals surface area contributed by atoms with Gasteiger partial charge < -0.3 is 15.4 Å². The summed E-state index contributed by atoms with van der Waals surface area (Å²) < 4.78 is 2.35. The van der Waals surface area contributed by atoms with Crippen LogP contribution in [-0.2, 0) is 7.05 Å². The molecule has 0 aliphatic rings. The Morgan fingerprint density at radius 3 is 2.38 bits per heavy atom. The summed E-state index contributed by atoms with van der Waals surface area (Å²) in [5.74, 6) is -1.13. The van der Waals surface area contributed by atoms with E-state index >= 15 is 0 Å². The highest BCUT2D eigenvalue weighted by molar-refractivity contribution is 9.10. The largest absolute Gasteiger partial charge is 0.478 e. The molecule has 0 spiro atoms. The Morgan fingerprint density at radius 1 is 1.33 bits per heavy atom. The van der Waals surface area contributed by atoms with Crippen LogP contribution in [0.25, 0.3) is 0 Å². The number of aromatic carboxylic acids is 1. The van der Waals surface area contributed by atoms with E-state index in [0.29, 0.717) is 0 Å². The molecule has 2 aromatic rings. The van der Waals surface area contributed by atoms with Crippen LogP contribution in [0.4, 0.5) is 5.69 Å². The van der Waals surface area contributed by atoms with Gasteiger partial charge in [-0.25, -0.2) is 4.79 Å². The van der Waals surface area contributed by atoms with Crippen molar-refractivity contribution in [3.63, 3.8) is 0 Å². The molecule has 0 radical (unpaired) electrons. The molecule has 2 rings (SSSR count). The zero-order chi connectivity index (χ0) is 16.2. The number of hydrogen-bond donors (Lipinski definition) is 2. The second-order valence-corrected chi connectivity index (χ2v) is 5.52. The Bertz CT molecular complexity index is 706. The first-order valence-electron chi connectivity index (χ1n) is 6.15. The third-order valence-corrected chi connectivity index (χ3v) is 3.36. The van der Waals surface area contributed by atoms with Crippen LogP contribution in [0.2, 0.25) is 0 Å². The quantitative estimate of drug-likeness (QED) is 0.826. The molecular formula is C15H17BrN2O3. The molecule has 1 aromatic heterocycles. The van der Waals surface area contributed by atoms with Crippen molar-refractivity contribution in [2.24, 2.45) is 7.05 Å². The summed E-state index contributed by atoms with van der Waals surface area (Å²) in [5, 5.41) is 8.71. The number of carboxylic acid groups (broad SMARTS) is 1. The molecule has 0 atom stereocenters. The topological polar surface area (TPSA) is 85.3 Å². The molecule has 5 nitrogen and oxygen atoms in total. The first-order valence-corrected chi connectivity index (χ1v) is 6.94. The fourth-order valence-corrected chi connectivity index (χ4v) is 2.19. The molecule has 1 aromatic carbocycles. The number of nitrogen functional groups attached to an aromatic ring is 1. The van der Waals surface area contributed by atoms with Gasteiger partial charge in [-0.2, -0.15) is 0 Å². The molecule has 112 valence electrons. The van der Waals surface area contributed by atoms with E-state index in [1.54, 1.807) is 0 Å². The normalized spacial score (nSPS) is 9.71. The number of anilines is 1. The number of aryl methyl sites for hydroxylation is 2. The Kier molecular flexibility index (Phi) is 5.72. The minimum absolute atomic E-state index is 0.0376. The van der Waals surface area contributed by atoms with Gasteiger partial charge in [-0.1, -0.05) is 33.6 Å². The second kappa shape index (κ2) is 7.08. The van der Waals surface area contributed by atoms with E-state index in [1.165, 1.54) is 30.3 Å². The summed E-state index contributed by atoms with van der Waals surface area (Å²) in [6.07, 6.45) is 1.22. The summed E-state index contributed by atoms with van der Waals surface area (Å²) in [6.45, 7) is 3.58. The van der Waals surface area contributed by atoms with Gasteiger partial charge in [0.2, 0.25) is 0 Å². The number of carbonyl (C=O) groups is 1. The van der Waals surface area contributed by atoms with Gasteiger partial charge in [0.25, 0.3) is 5.56 Å². The molecule has 0 aliphatic carbocycles. The molecule has 0 saturated heterocycles. The van der Waals surface area contributed by atoms with E-state index in [0.717, 1.165) is 4.47 Å². The lowest BCUT2D eigenvalue weighted by Gasteiger charge is -2.06. The van der Waals surface area contributed by atoms with Crippen LogP contribution in [0.15, 0.2) is 39.7 Å². The fraction of sp³-hybridized carbons (Fsp3) is 0.200. The first-order chi connectivity index (χ1) is 9.73. The summed E-state index contributed by atoms with van der Waals surface area (Å²) in [6, 6.07) is 8.21. The number of halogens is 1. The molecule has 0 saturated carbocycles. The highest BCUT2D eigenvalue weighted by Crippen LogP contribution is 2.12. The SMILES string of the molecule is Cc1c(N)c(C(=O)O)cn(C)c1=O.Cc1cccc(Br)c1. The van der Waals surface area contributed by atoms with E-state index < -0.39 is 5.97 Å². The van der Waals surface area contributed by atoms with Crippen molar-refractivity contribution in [2.75, 3.05) is 5.73 Å². The Morgan fingerprint density at radius 2 is 1.95 bits per heavy atom. The number of carboxylic acids is 1. The fourth-order valence-electron chi connectivity index (χ4n) is 1.68. The van der Waals surface area contributed by atoms with Crippen LogP contribution in [0, 0.1) is 13.8 Å². The predicted octanol–water partition coefficient (Wildman–Crippen LogP) is 2.73. The van der Waals surface area contributed by atoms with E-state index in [2.05, 4.69) is 35.0 Å². The third-order valence-electron chi connectivity index (χ3n) is 2.87. The summed E-state index contributed by atoms with van der Waals surface area (Å²) in [7, 11) is 1.49. The Labute approximate surface area is 131 Å². The molecule has 0 amide bonds. The second-order valence-electron chi connectivity index (χ2n) is 4.60. The molecule has 0 fully saturated rings. The average Bonchev–Trinajstić information content (AvgIpc) is 2.40. The van der Waals surface area contributed by atoms with Gasteiger partial charge in [-0.15, -0.1) is 0 Å². The first kappa shape index (κ1) is 17.0. The maximum Gasteiger partial charge on any atom is 0.339 e. The van der Waals surface area contributed by atoms with Crippen molar-refractivity contribution in [1.29, 1.82) is 0 Å². The van der Waals surface area contributed by atoms with Crippen molar-refractivity contribution in [2.45, 2.75) is 13.8 Å². The zero-order valence-corrected chi connectivity index (χ0v) is 13.6. The zero-order valence-electron chi connectivity index (χ0n) is 12.1. The van der Waals surface area contributed by atoms with E-state index in [-0.39, 0.29) is 22.4 Å². The van der Waals surface area contributed by atoms with Crippen molar-refractivity contribution in [3.05, 3.63) is 62.0 Å². The monoisotopic (exact) mass is 352 g/mol. The van der Waals surface area contributed by atoms with Crippen LogP contribution >= 0.6 is 15.9 Å². The van der Waals surface area contributed by atoms with Gasteiger partial charge in [-0.3, -0.25) is 4.79 Å². The molecule has 1 heterocycles. The molecule has 21 heavy (non-hydrogen) atoms. The maximum atomic E-state index is 11.3. The number of benzene rings is 1. The van der Waals surface area contributed by atoms with Crippen molar-refractivity contribution in [1.82, 2.24) is 4.57 Å². The lowest BCUT2D eigenvalue weighted by Crippen LogP contribution is -2.23. The summed E-state index contributed by atoms with van der Waals surface area (Å²) in [5.41, 5.74) is 6.74. The Hall–Kier alpha value is -2.08. The average molecular weight is 353 g/mol. The van der Waals surface area contributed by atoms with Gasteiger partial charge in [0.15, 0.2) is 0 Å². The standard InChI is InChI=1S/C8H10N2O3.C7H7Br/c1-4-6(9)5(8(12)13)3-10(2)7(4)11;1-6-3-2-4-7(8)5-6/h3H,9H2,1-2H3,(H,12,13);2-5H,1H3. The van der Waals surface area contributed by atoms with Crippen LogP contribution in [0.3, 0.4) is 0 Å². The number of hydrogen-bond acceptors (Lipinski definition) is 3. The highest BCUT2D eigenvalue weighted by atomic mass is 79.9. The van der Waals surface area contributed by atoms with Gasteiger partial charge in [0, 0.05) is 23.3 Å². The highest BCUT2D eigenvalue weighted by Gasteiger charge is 2.13. The Balaban J connectivity index is 0.000000235. The van der Waals surface area contributed by atoms with Crippen LogP contribution in [0.1, 0.15) is 21.5 Å². The van der Waals surface area contributed by atoms with Crippen molar-refractivity contribution >= 4 is 27.6 Å². The number of rotatable bonds is 1. The molecule has 3 N–H and O–H groups in total. The van der Waals surface area contributed by atoms with Gasteiger partial charge in [0.05, 0.1) is 11.3 Å². The third kappa shape index (κ3) is 4.46. The van der Waals surface area contributed by atoms with Crippen molar-refractivity contribution in [3.8, 4) is 0 Å². The van der Waals surface area contributed by atoms with Gasteiger partial charge in [-0.05, 0) is 26.0 Å². The number of pyridine rings is 1. The maximum absolute atomic E-state index is 11.3. The lowest BCUT2D eigenvalue weighted by molar-refractivity contribution is 0.0697. The van der Waals surface area contributed by atoms with Gasteiger partial charge in [0.1, 0.15) is 0 Å². The molecule has 0 bridgehead atoms. The lowest BCUT2D eigenvalue weighted by atomic mass is 10.1. The van der Waals surface area contributed by atoms with Crippen LogP contribution < -0.4 is 11.3 Å². The number of aromatic nitrogens is 1. The minimum atomic E-state index is -1.13. The summed E-state index contributed by atoms with van der Waals surface area (Å²) >= 11 is 3.36. The predicted molar refractivity (Wildman–Crippen MR) is 86.7 cm³/mol. The minimum Gasteiger partial charge on any atom is -0.478 e. The smallest absolute Gasteiger partial charge is 0.339 e. The van der Waals surface area contributed by atoms with Crippen LogP contribution in [0.5, 0.6) is 0 Å². The molecule has 0 aliphatic heterocycles. The van der Waals surface area contributed by atoms with Gasteiger partial charge >= 0.3 is 5.97 Å². The molecule has 6 heteroatoms. The van der Waals surface area contributed by atoms with Crippen LogP contribution in [-0.4, -0.2) is 15.6 Å². The summed E-state index contributed by atoms with van der Waals surface area (Å²) in [4.78, 5) is 21.9. The molecular weight excluding hydrogens is 336 g/mol. The van der Waals surface area contributed by atoms with E-state index in [9.17, 15) is 9.59 Å². The number of nitrogens with zero attached hydrogens (tertiary/aromatic N) is 1.